The molecule has 0 aromatic heterocycles. The Morgan fingerprint density at radius 1 is 1.22 bits per heavy atom. The van der Waals surface area contributed by atoms with Crippen LogP contribution in [0.15, 0.2) is 0 Å². The van der Waals surface area contributed by atoms with Crippen molar-refractivity contribution in [1.82, 2.24) is 10.2 Å². The van der Waals surface area contributed by atoms with Crippen LogP contribution in [0.1, 0.15) is 66.7 Å². The number of piperidine rings is 1. The highest BCUT2D eigenvalue weighted by Crippen LogP contribution is 2.22. The Bertz CT molecular complexity index is 217. The zero-order valence-corrected chi connectivity index (χ0v) is 13.3. The van der Waals surface area contributed by atoms with Gasteiger partial charge in [-0.15, -0.1) is 0 Å². The molecule has 1 aliphatic heterocycles. The van der Waals surface area contributed by atoms with Gasteiger partial charge in [0.15, 0.2) is 0 Å². The molecule has 0 aromatic rings. The molecule has 1 fully saturated rings. The Hall–Kier alpha value is -0.0800. The minimum Gasteiger partial charge on any atom is -0.310 e. The van der Waals surface area contributed by atoms with E-state index in [1.54, 1.807) is 0 Å². The number of hydrogen-bond acceptors (Lipinski definition) is 2. The Morgan fingerprint density at radius 3 is 2.33 bits per heavy atom. The Kier molecular flexibility index (Phi) is 6.65. The molecule has 1 rings (SSSR count). The largest absolute Gasteiger partial charge is 0.310 e. The molecule has 0 amide bonds. The second kappa shape index (κ2) is 7.49. The molecule has 0 radical (unpaired) electrons. The highest BCUT2D eigenvalue weighted by Gasteiger charge is 2.23. The first kappa shape index (κ1) is 16.0. The first-order valence-electron chi connectivity index (χ1n) is 7.97. The van der Waals surface area contributed by atoms with Crippen molar-refractivity contribution in [2.75, 3.05) is 19.6 Å². The van der Waals surface area contributed by atoms with Gasteiger partial charge in [0.25, 0.3) is 0 Å². The van der Waals surface area contributed by atoms with Crippen LogP contribution in [0.25, 0.3) is 0 Å². The van der Waals surface area contributed by atoms with E-state index in [-0.39, 0.29) is 5.54 Å². The third-order valence-electron chi connectivity index (χ3n) is 4.73. The quantitative estimate of drug-likeness (QED) is 0.746. The second-order valence-corrected chi connectivity index (χ2v) is 6.74. The van der Waals surface area contributed by atoms with Crippen molar-refractivity contribution < 1.29 is 0 Å². The zero-order valence-electron chi connectivity index (χ0n) is 13.3. The molecule has 0 aromatic carbocycles. The molecule has 2 heteroatoms. The van der Waals surface area contributed by atoms with E-state index in [0.717, 1.165) is 12.5 Å². The van der Waals surface area contributed by atoms with Crippen LogP contribution in [-0.4, -0.2) is 36.1 Å². The van der Waals surface area contributed by atoms with Gasteiger partial charge in [-0.25, -0.2) is 0 Å². The van der Waals surface area contributed by atoms with Gasteiger partial charge in [-0.05, 0) is 59.0 Å². The van der Waals surface area contributed by atoms with Crippen molar-refractivity contribution in [3.05, 3.63) is 0 Å². The predicted molar refractivity (Wildman–Crippen MR) is 81.0 cm³/mol. The van der Waals surface area contributed by atoms with E-state index in [1.165, 1.54) is 45.2 Å². The van der Waals surface area contributed by atoms with Gasteiger partial charge in [-0.2, -0.15) is 0 Å². The van der Waals surface area contributed by atoms with Crippen LogP contribution in [0.3, 0.4) is 0 Å². The average molecular weight is 254 g/mol. The first-order valence-corrected chi connectivity index (χ1v) is 7.97. The summed E-state index contributed by atoms with van der Waals surface area (Å²) in [4.78, 5) is 2.67. The summed E-state index contributed by atoms with van der Waals surface area (Å²) in [6, 6.07) is 0.679. The maximum absolute atomic E-state index is 3.70. The molecule has 1 saturated heterocycles. The van der Waals surface area contributed by atoms with Gasteiger partial charge >= 0.3 is 0 Å². The molecule has 2 nitrogen and oxygen atoms in total. The van der Waals surface area contributed by atoms with Gasteiger partial charge in [-0.3, -0.25) is 4.90 Å². The number of nitrogens with zero attached hydrogens (tertiary/aromatic N) is 1. The van der Waals surface area contributed by atoms with Crippen molar-refractivity contribution in [2.45, 2.75) is 78.3 Å². The molecule has 1 heterocycles. The van der Waals surface area contributed by atoms with Gasteiger partial charge in [0, 0.05) is 18.1 Å². The fourth-order valence-corrected chi connectivity index (χ4v) is 2.77. The third-order valence-corrected chi connectivity index (χ3v) is 4.73. The van der Waals surface area contributed by atoms with Crippen LogP contribution < -0.4 is 5.32 Å². The highest BCUT2D eigenvalue weighted by atomic mass is 15.2. The van der Waals surface area contributed by atoms with Crippen LogP contribution in [0.2, 0.25) is 0 Å². The van der Waals surface area contributed by atoms with Gasteiger partial charge in [0.05, 0.1) is 0 Å². The summed E-state index contributed by atoms with van der Waals surface area (Å²) in [5.74, 6) is 0.999. The SMILES string of the molecule is CCCC1CCN(C(C)CNC(C)(C)CC)CC1. The van der Waals surface area contributed by atoms with Crippen molar-refractivity contribution >= 4 is 0 Å². The Morgan fingerprint density at radius 2 is 1.83 bits per heavy atom. The Balaban J connectivity index is 2.25. The molecule has 1 N–H and O–H groups in total. The van der Waals surface area contributed by atoms with Crippen LogP contribution in [0, 0.1) is 5.92 Å². The predicted octanol–water partition coefficient (Wildman–Crippen LogP) is 3.67. The smallest absolute Gasteiger partial charge is 0.0192 e. The summed E-state index contributed by atoms with van der Waals surface area (Å²) in [7, 11) is 0. The normalized spacial score (nSPS) is 21.2. The lowest BCUT2D eigenvalue weighted by molar-refractivity contribution is 0.129. The average Bonchev–Trinajstić information content (AvgIpc) is 2.37. The van der Waals surface area contributed by atoms with E-state index in [2.05, 4.69) is 44.8 Å². The topological polar surface area (TPSA) is 15.3 Å². The fraction of sp³-hybridized carbons (Fsp3) is 1.00. The van der Waals surface area contributed by atoms with Crippen molar-refractivity contribution in [1.29, 1.82) is 0 Å². The van der Waals surface area contributed by atoms with Gasteiger partial charge in [0.1, 0.15) is 0 Å². The minimum atomic E-state index is 0.287. The summed E-state index contributed by atoms with van der Waals surface area (Å²) < 4.78 is 0. The maximum atomic E-state index is 3.70. The van der Waals surface area contributed by atoms with E-state index >= 15 is 0 Å². The van der Waals surface area contributed by atoms with Crippen LogP contribution in [0.5, 0.6) is 0 Å². The Labute approximate surface area is 115 Å². The van der Waals surface area contributed by atoms with Crippen LogP contribution in [0.4, 0.5) is 0 Å². The lowest BCUT2D eigenvalue weighted by Gasteiger charge is -2.37. The minimum absolute atomic E-state index is 0.287. The summed E-state index contributed by atoms with van der Waals surface area (Å²) in [6.07, 6.45) is 6.80. The summed E-state index contributed by atoms with van der Waals surface area (Å²) >= 11 is 0. The molecule has 18 heavy (non-hydrogen) atoms. The van der Waals surface area contributed by atoms with Crippen molar-refractivity contribution in [3.8, 4) is 0 Å². The lowest BCUT2D eigenvalue weighted by Crippen LogP contribution is -2.49. The number of likely N-dealkylation sites (tertiary alicyclic amines) is 1. The summed E-state index contributed by atoms with van der Waals surface area (Å²) in [5.41, 5.74) is 0.287. The maximum Gasteiger partial charge on any atom is 0.0192 e. The standard InChI is InChI=1S/C16H34N2/c1-6-8-15-9-11-18(12-10-15)14(3)13-17-16(4,5)7-2/h14-15,17H,6-13H2,1-5H3. The van der Waals surface area contributed by atoms with Crippen LogP contribution in [-0.2, 0) is 0 Å². The molecule has 0 bridgehead atoms. The van der Waals surface area contributed by atoms with Gasteiger partial charge in [0.2, 0.25) is 0 Å². The monoisotopic (exact) mass is 254 g/mol. The molecule has 1 aliphatic rings. The van der Waals surface area contributed by atoms with E-state index in [9.17, 15) is 0 Å². The van der Waals surface area contributed by atoms with E-state index in [4.69, 9.17) is 0 Å². The fourth-order valence-electron chi connectivity index (χ4n) is 2.77. The van der Waals surface area contributed by atoms with Crippen LogP contribution >= 0.6 is 0 Å². The molecular weight excluding hydrogens is 220 g/mol. The first-order chi connectivity index (χ1) is 8.48. The third kappa shape index (κ3) is 5.27. The van der Waals surface area contributed by atoms with E-state index < -0.39 is 0 Å². The van der Waals surface area contributed by atoms with Gasteiger partial charge in [-0.1, -0.05) is 26.7 Å². The van der Waals surface area contributed by atoms with E-state index in [1.807, 2.05) is 0 Å². The number of rotatable bonds is 7. The molecular formula is C16H34N2. The summed E-state index contributed by atoms with van der Waals surface area (Å²) in [6.45, 7) is 15.3. The molecule has 108 valence electrons. The zero-order chi connectivity index (χ0) is 13.6. The number of nitrogens with one attached hydrogen (secondary N) is 1. The molecule has 1 atom stereocenters. The van der Waals surface area contributed by atoms with Crippen molar-refractivity contribution in [3.63, 3.8) is 0 Å². The van der Waals surface area contributed by atoms with Crippen molar-refractivity contribution in [2.24, 2.45) is 5.92 Å². The second-order valence-electron chi connectivity index (χ2n) is 6.74. The molecule has 0 saturated carbocycles. The summed E-state index contributed by atoms with van der Waals surface area (Å²) in [5, 5.41) is 3.70. The molecule has 0 aliphatic carbocycles. The molecule has 1 unspecified atom stereocenters. The highest BCUT2D eigenvalue weighted by molar-refractivity contribution is 4.81. The number of hydrogen-bond donors (Lipinski definition) is 1. The molecule has 0 spiro atoms. The van der Waals surface area contributed by atoms with E-state index in [0.29, 0.717) is 6.04 Å². The lowest BCUT2D eigenvalue weighted by atomic mass is 9.92. The van der Waals surface area contributed by atoms with Gasteiger partial charge < -0.3 is 5.32 Å².